The molecule has 0 spiro atoms. The van der Waals surface area contributed by atoms with Crippen LogP contribution in [0.4, 0.5) is 5.69 Å². The van der Waals surface area contributed by atoms with Gasteiger partial charge in [-0.3, -0.25) is 4.99 Å². The molecule has 0 bridgehead atoms. The molecule has 1 aliphatic carbocycles. The minimum atomic E-state index is 0.491. The number of rotatable bonds is 4. The maximum atomic E-state index is 5.95. The molecule has 0 amide bonds. The van der Waals surface area contributed by atoms with E-state index in [4.69, 9.17) is 10.5 Å². The monoisotopic (exact) mass is 289 g/mol. The maximum Gasteiger partial charge on any atom is 0.193 e. The number of nitrogens with zero attached hydrogens (tertiary/aromatic N) is 1. The molecular formula is C17H27N3O. The van der Waals surface area contributed by atoms with Crippen molar-refractivity contribution in [1.82, 2.24) is 0 Å². The van der Waals surface area contributed by atoms with E-state index in [1.165, 1.54) is 25.7 Å². The van der Waals surface area contributed by atoms with Gasteiger partial charge in [0.15, 0.2) is 5.96 Å². The van der Waals surface area contributed by atoms with Crippen molar-refractivity contribution < 1.29 is 4.74 Å². The Bertz CT molecular complexity index is 469. The molecule has 1 aromatic carbocycles. The summed E-state index contributed by atoms with van der Waals surface area (Å²) in [5.41, 5.74) is 7.39. The Morgan fingerprint density at radius 1 is 1.29 bits per heavy atom. The zero-order valence-electron chi connectivity index (χ0n) is 13.4. The van der Waals surface area contributed by atoms with Crippen molar-refractivity contribution in [3.63, 3.8) is 0 Å². The Hall–Kier alpha value is -1.71. The molecule has 0 unspecified atom stereocenters. The van der Waals surface area contributed by atoms with Crippen LogP contribution in [-0.2, 0) is 0 Å². The third-order valence-corrected chi connectivity index (χ3v) is 4.34. The van der Waals surface area contributed by atoms with Crippen LogP contribution in [0.3, 0.4) is 0 Å². The fourth-order valence-electron chi connectivity index (χ4n) is 2.73. The standard InChI is InChI=1S/C17H27N3O/c1-17(2)10-8-13(9-11-17)12-19-16(18)20-14-4-6-15(21-3)7-5-14/h4-7,13H,8-12H2,1-3H3,(H3,18,19,20). The largest absolute Gasteiger partial charge is 0.497 e. The lowest BCUT2D eigenvalue weighted by atomic mass is 9.73. The fourth-order valence-corrected chi connectivity index (χ4v) is 2.73. The van der Waals surface area contributed by atoms with E-state index in [9.17, 15) is 0 Å². The Morgan fingerprint density at radius 3 is 2.48 bits per heavy atom. The number of nitrogens with two attached hydrogens (primary N) is 1. The summed E-state index contributed by atoms with van der Waals surface area (Å²) < 4.78 is 5.13. The van der Waals surface area contributed by atoms with Gasteiger partial charge in [0.05, 0.1) is 7.11 Å². The quantitative estimate of drug-likeness (QED) is 0.657. The van der Waals surface area contributed by atoms with Gasteiger partial charge in [0.1, 0.15) is 5.75 Å². The van der Waals surface area contributed by atoms with Crippen LogP contribution in [-0.4, -0.2) is 19.6 Å². The van der Waals surface area contributed by atoms with E-state index >= 15 is 0 Å². The number of hydrogen-bond donors (Lipinski definition) is 2. The lowest BCUT2D eigenvalue weighted by Crippen LogP contribution is -2.26. The second-order valence-corrected chi connectivity index (χ2v) is 6.69. The lowest BCUT2D eigenvalue weighted by Gasteiger charge is -2.33. The molecule has 2 rings (SSSR count). The number of ether oxygens (including phenoxy) is 1. The van der Waals surface area contributed by atoms with Crippen molar-refractivity contribution in [3.05, 3.63) is 24.3 Å². The average Bonchev–Trinajstić information content (AvgIpc) is 2.47. The summed E-state index contributed by atoms with van der Waals surface area (Å²) in [5, 5.41) is 3.12. The molecule has 4 nitrogen and oxygen atoms in total. The summed E-state index contributed by atoms with van der Waals surface area (Å²) in [6.45, 7) is 5.53. The molecule has 116 valence electrons. The summed E-state index contributed by atoms with van der Waals surface area (Å²) >= 11 is 0. The SMILES string of the molecule is COc1ccc(NC(N)=NCC2CCC(C)(C)CC2)cc1. The number of aliphatic imine (C=N–C) groups is 1. The third kappa shape index (κ3) is 4.96. The molecule has 21 heavy (non-hydrogen) atoms. The molecule has 0 radical (unpaired) electrons. The van der Waals surface area contributed by atoms with Crippen LogP contribution in [0.2, 0.25) is 0 Å². The Kier molecular flexibility index (Phi) is 5.10. The topological polar surface area (TPSA) is 59.6 Å². The van der Waals surface area contributed by atoms with Gasteiger partial charge in [-0.15, -0.1) is 0 Å². The van der Waals surface area contributed by atoms with Crippen LogP contribution in [0, 0.1) is 11.3 Å². The molecule has 1 fully saturated rings. The molecule has 1 saturated carbocycles. The van der Waals surface area contributed by atoms with Crippen molar-refractivity contribution in [2.24, 2.45) is 22.1 Å². The van der Waals surface area contributed by atoms with Gasteiger partial charge < -0.3 is 15.8 Å². The van der Waals surface area contributed by atoms with Gasteiger partial charge in [-0.2, -0.15) is 0 Å². The van der Waals surface area contributed by atoms with E-state index in [2.05, 4.69) is 24.2 Å². The van der Waals surface area contributed by atoms with Crippen LogP contribution in [0.15, 0.2) is 29.3 Å². The first-order chi connectivity index (χ1) is 9.98. The van der Waals surface area contributed by atoms with E-state index in [1.807, 2.05) is 24.3 Å². The second-order valence-electron chi connectivity index (χ2n) is 6.69. The zero-order chi connectivity index (χ0) is 15.3. The fraction of sp³-hybridized carbons (Fsp3) is 0.588. The number of methoxy groups -OCH3 is 1. The number of anilines is 1. The predicted molar refractivity (Wildman–Crippen MR) is 88.8 cm³/mol. The highest BCUT2D eigenvalue weighted by molar-refractivity contribution is 5.92. The third-order valence-electron chi connectivity index (χ3n) is 4.34. The van der Waals surface area contributed by atoms with Crippen LogP contribution >= 0.6 is 0 Å². The predicted octanol–water partition coefficient (Wildman–Crippen LogP) is 3.64. The van der Waals surface area contributed by atoms with Crippen molar-refractivity contribution in [2.45, 2.75) is 39.5 Å². The van der Waals surface area contributed by atoms with Gasteiger partial charge in [0.2, 0.25) is 0 Å². The van der Waals surface area contributed by atoms with Crippen molar-refractivity contribution in [3.8, 4) is 5.75 Å². The molecule has 0 atom stereocenters. The number of benzene rings is 1. The smallest absolute Gasteiger partial charge is 0.193 e. The van der Waals surface area contributed by atoms with Gasteiger partial charge in [0.25, 0.3) is 0 Å². The first-order valence-corrected chi connectivity index (χ1v) is 7.69. The van der Waals surface area contributed by atoms with E-state index in [1.54, 1.807) is 7.11 Å². The second kappa shape index (κ2) is 6.83. The normalized spacial score (nSPS) is 19.3. The van der Waals surface area contributed by atoms with Crippen LogP contribution in [0.1, 0.15) is 39.5 Å². The zero-order valence-corrected chi connectivity index (χ0v) is 13.4. The molecule has 0 heterocycles. The summed E-state index contributed by atoms with van der Waals surface area (Å²) in [6.07, 6.45) is 5.09. The van der Waals surface area contributed by atoms with Crippen LogP contribution < -0.4 is 15.8 Å². The van der Waals surface area contributed by atoms with Crippen molar-refractivity contribution >= 4 is 11.6 Å². The van der Waals surface area contributed by atoms with Crippen LogP contribution in [0.25, 0.3) is 0 Å². The maximum absolute atomic E-state index is 5.95. The molecule has 1 aromatic rings. The number of hydrogen-bond acceptors (Lipinski definition) is 2. The molecule has 0 aliphatic heterocycles. The Balaban J connectivity index is 1.81. The highest BCUT2D eigenvalue weighted by Crippen LogP contribution is 2.37. The molecule has 1 aliphatic rings. The minimum absolute atomic E-state index is 0.491. The minimum Gasteiger partial charge on any atom is -0.497 e. The highest BCUT2D eigenvalue weighted by atomic mass is 16.5. The summed E-state index contributed by atoms with van der Waals surface area (Å²) in [4.78, 5) is 4.49. The molecule has 0 aromatic heterocycles. The molecule has 0 saturated heterocycles. The van der Waals surface area contributed by atoms with Gasteiger partial charge in [0, 0.05) is 12.2 Å². The Labute approximate surface area is 127 Å². The molecule has 3 N–H and O–H groups in total. The first kappa shape index (κ1) is 15.7. The van der Waals surface area contributed by atoms with Crippen LogP contribution in [0.5, 0.6) is 5.75 Å². The van der Waals surface area contributed by atoms with Gasteiger partial charge in [-0.25, -0.2) is 0 Å². The van der Waals surface area contributed by atoms with Crippen molar-refractivity contribution in [1.29, 1.82) is 0 Å². The molecule has 4 heteroatoms. The summed E-state index contributed by atoms with van der Waals surface area (Å²) in [6, 6.07) is 7.67. The lowest BCUT2D eigenvalue weighted by molar-refractivity contribution is 0.195. The van der Waals surface area contributed by atoms with Gasteiger partial charge >= 0.3 is 0 Å². The first-order valence-electron chi connectivity index (χ1n) is 7.69. The van der Waals surface area contributed by atoms with E-state index in [0.717, 1.165) is 18.0 Å². The number of nitrogens with one attached hydrogen (secondary N) is 1. The molecular weight excluding hydrogens is 262 g/mol. The van der Waals surface area contributed by atoms with E-state index in [0.29, 0.717) is 17.3 Å². The van der Waals surface area contributed by atoms with E-state index < -0.39 is 0 Å². The summed E-state index contributed by atoms with van der Waals surface area (Å²) in [5.74, 6) is 2.00. The van der Waals surface area contributed by atoms with Crippen molar-refractivity contribution in [2.75, 3.05) is 19.0 Å². The van der Waals surface area contributed by atoms with E-state index in [-0.39, 0.29) is 0 Å². The van der Waals surface area contributed by atoms with Gasteiger partial charge in [-0.05, 0) is 61.3 Å². The average molecular weight is 289 g/mol. The number of guanidine groups is 1. The summed E-state index contributed by atoms with van der Waals surface area (Å²) in [7, 11) is 1.66. The van der Waals surface area contributed by atoms with Gasteiger partial charge in [-0.1, -0.05) is 13.8 Å². The highest BCUT2D eigenvalue weighted by Gasteiger charge is 2.26. The Morgan fingerprint density at radius 2 is 1.90 bits per heavy atom.